The second kappa shape index (κ2) is 5.08. The predicted octanol–water partition coefficient (Wildman–Crippen LogP) is 1.85. The van der Waals surface area contributed by atoms with Crippen molar-refractivity contribution < 1.29 is 19.4 Å². The molecule has 106 valence electrons. The van der Waals surface area contributed by atoms with Gasteiger partial charge in [-0.3, -0.25) is 0 Å². The van der Waals surface area contributed by atoms with Crippen molar-refractivity contribution in [1.29, 1.82) is 0 Å². The fourth-order valence-electron chi connectivity index (χ4n) is 1.81. The minimum absolute atomic E-state index is 0.0840. The topological polar surface area (TPSA) is 110 Å². The van der Waals surface area contributed by atoms with Gasteiger partial charge in [0.15, 0.2) is 17.1 Å². The van der Waals surface area contributed by atoms with Gasteiger partial charge in [-0.05, 0) is 18.2 Å². The van der Waals surface area contributed by atoms with E-state index in [1.54, 1.807) is 0 Å². The van der Waals surface area contributed by atoms with E-state index in [4.69, 9.17) is 14.6 Å². The normalized spacial score (nSPS) is 10.5. The van der Waals surface area contributed by atoms with Crippen molar-refractivity contribution in [3.05, 3.63) is 36.4 Å². The van der Waals surface area contributed by atoms with Gasteiger partial charge < -0.3 is 19.6 Å². The van der Waals surface area contributed by atoms with Crippen LogP contribution in [-0.4, -0.2) is 38.1 Å². The number of hydrogen-bond donors (Lipinski definition) is 2. The minimum atomic E-state index is -1.06. The molecule has 0 amide bonds. The Bertz CT molecular complexity index is 815. The van der Waals surface area contributed by atoms with Crippen LogP contribution < -0.4 is 9.47 Å². The van der Waals surface area contributed by atoms with Crippen LogP contribution in [0.3, 0.4) is 0 Å². The Balaban J connectivity index is 2.06. The predicted molar refractivity (Wildman–Crippen MR) is 71.7 cm³/mol. The van der Waals surface area contributed by atoms with E-state index in [0.29, 0.717) is 16.9 Å². The Hall–Kier alpha value is -3.16. The number of carboxylic acids is 1. The molecule has 0 spiro atoms. The summed E-state index contributed by atoms with van der Waals surface area (Å²) in [5.41, 5.74) is 1.05. The number of methoxy groups -OCH3 is 1. The van der Waals surface area contributed by atoms with E-state index in [2.05, 4.69) is 19.9 Å². The molecule has 1 aromatic carbocycles. The van der Waals surface area contributed by atoms with Crippen LogP contribution in [0.15, 0.2) is 30.9 Å². The molecule has 0 saturated heterocycles. The van der Waals surface area contributed by atoms with E-state index < -0.39 is 5.97 Å². The number of aromatic carboxylic acids is 1. The number of aromatic amines is 1. The lowest BCUT2D eigenvalue weighted by molar-refractivity contribution is 0.0696. The smallest absolute Gasteiger partial charge is 0.335 e. The first-order valence-corrected chi connectivity index (χ1v) is 5.92. The van der Waals surface area contributed by atoms with Gasteiger partial charge in [0.05, 0.1) is 19.0 Å². The summed E-state index contributed by atoms with van der Waals surface area (Å²) >= 11 is 0. The molecule has 0 aliphatic rings. The molecule has 2 heterocycles. The van der Waals surface area contributed by atoms with Gasteiger partial charge >= 0.3 is 5.97 Å². The van der Waals surface area contributed by atoms with Gasteiger partial charge in [0, 0.05) is 0 Å². The lowest BCUT2D eigenvalue weighted by Gasteiger charge is -2.10. The molecule has 0 aliphatic heterocycles. The van der Waals surface area contributed by atoms with Gasteiger partial charge in [0.1, 0.15) is 11.8 Å². The van der Waals surface area contributed by atoms with Gasteiger partial charge in [0.2, 0.25) is 5.88 Å². The molecule has 3 rings (SSSR count). The number of carbonyl (C=O) groups is 1. The number of aromatic nitrogens is 4. The maximum absolute atomic E-state index is 11.0. The average Bonchev–Trinajstić information content (AvgIpc) is 2.96. The summed E-state index contributed by atoms with van der Waals surface area (Å²) in [5.74, 6) is -0.187. The van der Waals surface area contributed by atoms with Crippen molar-refractivity contribution in [3.63, 3.8) is 0 Å². The molecule has 3 aromatic rings. The number of ether oxygens (including phenoxy) is 2. The van der Waals surface area contributed by atoms with Crippen molar-refractivity contribution in [2.24, 2.45) is 0 Å². The summed E-state index contributed by atoms with van der Waals surface area (Å²) in [4.78, 5) is 25.9. The molecular weight excluding hydrogens is 276 g/mol. The van der Waals surface area contributed by atoms with Gasteiger partial charge in [-0.2, -0.15) is 4.98 Å². The highest BCUT2D eigenvalue weighted by atomic mass is 16.5. The number of fused-ring (bicyclic) bond motifs is 1. The minimum Gasteiger partial charge on any atom is -0.493 e. The summed E-state index contributed by atoms with van der Waals surface area (Å²) in [6.07, 6.45) is 2.78. The molecular formula is C13H10N4O4. The van der Waals surface area contributed by atoms with Crippen molar-refractivity contribution >= 4 is 17.1 Å². The molecule has 2 aromatic heterocycles. The molecule has 8 heteroatoms. The van der Waals surface area contributed by atoms with Crippen molar-refractivity contribution in [1.82, 2.24) is 19.9 Å². The van der Waals surface area contributed by atoms with Crippen LogP contribution >= 0.6 is 0 Å². The first kappa shape index (κ1) is 12.9. The first-order valence-electron chi connectivity index (χ1n) is 5.92. The van der Waals surface area contributed by atoms with Crippen LogP contribution in [0.25, 0.3) is 11.2 Å². The van der Waals surface area contributed by atoms with Crippen LogP contribution in [0.4, 0.5) is 0 Å². The van der Waals surface area contributed by atoms with E-state index in [1.807, 2.05) is 0 Å². The molecule has 0 atom stereocenters. The monoisotopic (exact) mass is 286 g/mol. The zero-order valence-corrected chi connectivity index (χ0v) is 10.9. The molecule has 0 bridgehead atoms. The maximum atomic E-state index is 11.0. The Morgan fingerprint density at radius 2 is 2.10 bits per heavy atom. The number of carboxylic acid groups (broad SMARTS) is 1. The lowest BCUT2D eigenvalue weighted by Crippen LogP contribution is -1.99. The molecule has 21 heavy (non-hydrogen) atoms. The lowest BCUT2D eigenvalue weighted by atomic mass is 10.2. The maximum Gasteiger partial charge on any atom is 0.335 e. The highest BCUT2D eigenvalue weighted by molar-refractivity contribution is 5.88. The van der Waals surface area contributed by atoms with Crippen molar-refractivity contribution in [2.75, 3.05) is 7.11 Å². The summed E-state index contributed by atoms with van der Waals surface area (Å²) in [6.45, 7) is 0. The molecule has 8 nitrogen and oxygen atoms in total. The zero-order chi connectivity index (χ0) is 14.8. The fraction of sp³-hybridized carbons (Fsp3) is 0.0769. The second-order valence-electron chi connectivity index (χ2n) is 4.05. The Kier molecular flexibility index (Phi) is 3.11. The van der Waals surface area contributed by atoms with Crippen LogP contribution in [0.5, 0.6) is 17.4 Å². The number of hydrogen-bond acceptors (Lipinski definition) is 6. The third-order valence-corrected chi connectivity index (χ3v) is 2.81. The van der Waals surface area contributed by atoms with Gasteiger partial charge in [-0.15, -0.1) is 0 Å². The molecule has 0 unspecified atom stereocenters. The van der Waals surface area contributed by atoms with Crippen LogP contribution in [0.1, 0.15) is 10.4 Å². The van der Waals surface area contributed by atoms with E-state index in [-0.39, 0.29) is 17.2 Å². The molecule has 2 N–H and O–H groups in total. The van der Waals surface area contributed by atoms with Crippen LogP contribution in [0, 0.1) is 0 Å². The van der Waals surface area contributed by atoms with E-state index >= 15 is 0 Å². The first-order chi connectivity index (χ1) is 10.2. The number of imidazole rings is 1. The Morgan fingerprint density at radius 1 is 1.24 bits per heavy atom. The average molecular weight is 286 g/mol. The molecule has 0 fully saturated rings. The van der Waals surface area contributed by atoms with Crippen LogP contribution in [0.2, 0.25) is 0 Å². The summed E-state index contributed by atoms with van der Waals surface area (Å²) in [5, 5.41) is 9.04. The Morgan fingerprint density at radius 3 is 2.86 bits per heavy atom. The molecule has 0 saturated carbocycles. The van der Waals surface area contributed by atoms with Crippen molar-refractivity contribution in [3.8, 4) is 17.4 Å². The van der Waals surface area contributed by atoms with E-state index in [1.165, 1.54) is 38.0 Å². The highest BCUT2D eigenvalue weighted by Crippen LogP contribution is 2.33. The second-order valence-corrected chi connectivity index (χ2v) is 4.05. The number of H-pyrrole nitrogens is 1. The quantitative estimate of drug-likeness (QED) is 0.752. The summed E-state index contributed by atoms with van der Waals surface area (Å²) in [7, 11) is 1.47. The van der Waals surface area contributed by atoms with E-state index in [9.17, 15) is 4.79 Å². The number of nitrogens with one attached hydrogen (secondary N) is 1. The number of benzene rings is 1. The standard InChI is InChI=1S/C13H10N4O4/c1-20-8-3-2-7(13(18)19)4-9(8)21-12-10-11(15-5-14-10)16-6-17-12/h2-6H,1H3,(H,18,19)(H,14,15,16,17). The summed E-state index contributed by atoms with van der Waals surface area (Å²) < 4.78 is 10.8. The van der Waals surface area contributed by atoms with E-state index in [0.717, 1.165) is 0 Å². The number of rotatable bonds is 4. The zero-order valence-electron chi connectivity index (χ0n) is 10.9. The third-order valence-electron chi connectivity index (χ3n) is 2.81. The number of nitrogens with zero attached hydrogens (tertiary/aromatic N) is 3. The third kappa shape index (κ3) is 2.34. The van der Waals surface area contributed by atoms with Gasteiger partial charge in [-0.1, -0.05) is 0 Å². The van der Waals surface area contributed by atoms with Crippen molar-refractivity contribution in [2.45, 2.75) is 0 Å². The molecule has 0 aliphatic carbocycles. The SMILES string of the molecule is COc1ccc(C(=O)O)cc1Oc1ncnc2nc[nH]c12. The van der Waals surface area contributed by atoms with Gasteiger partial charge in [0.25, 0.3) is 0 Å². The largest absolute Gasteiger partial charge is 0.493 e. The highest BCUT2D eigenvalue weighted by Gasteiger charge is 2.14. The summed E-state index contributed by atoms with van der Waals surface area (Å²) in [6, 6.07) is 4.31. The van der Waals surface area contributed by atoms with Crippen LogP contribution in [-0.2, 0) is 0 Å². The fourth-order valence-corrected chi connectivity index (χ4v) is 1.81. The Labute approximate surface area is 118 Å². The van der Waals surface area contributed by atoms with Gasteiger partial charge in [-0.25, -0.2) is 14.8 Å². The molecule has 0 radical (unpaired) electrons.